The van der Waals surface area contributed by atoms with Crippen molar-refractivity contribution < 1.29 is 35.8 Å². The quantitative estimate of drug-likeness (QED) is 0.149. The van der Waals surface area contributed by atoms with Gasteiger partial charge in [-0.25, -0.2) is 0 Å². The second-order valence-corrected chi connectivity index (χ2v) is 10.5. The van der Waals surface area contributed by atoms with E-state index in [1.807, 2.05) is 0 Å². The average molecular weight is 540 g/mol. The average Bonchev–Trinajstić information content (AvgIpc) is 2.74. The van der Waals surface area contributed by atoms with E-state index in [0.717, 1.165) is 25.1 Å². The highest BCUT2D eigenvalue weighted by molar-refractivity contribution is 7.86. The lowest BCUT2D eigenvalue weighted by molar-refractivity contribution is -0.113. The first kappa shape index (κ1) is 26.2. The molecule has 3 aromatic carbocycles. The SMILES string of the molecule is C/C(O)=C(\N=Nc1cc(Cl)c(C)cc1S(=O)(=O)O)C(=O)Nc1ccc(S(=O)(=O)O)c2ccccc12. The van der Waals surface area contributed by atoms with Crippen molar-refractivity contribution in [2.24, 2.45) is 10.2 Å². The summed E-state index contributed by atoms with van der Waals surface area (Å²) in [7, 11) is -9.25. The molecule has 1 amide bonds. The third-order valence-electron chi connectivity index (χ3n) is 4.74. The number of anilines is 1. The molecule has 0 aliphatic rings. The summed E-state index contributed by atoms with van der Waals surface area (Å²) in [4.78, 5) is 11.9. The van der Waals surface area contributed by atoms with Gasteiger partial charge in [0.2, 0.25) is 0 Å². The number of halogens is 1. The summed E-state index contributed by atoms with van der Waals surface area (Å²) in [6, 6.07) is 10.6. The Hall–Kier alpha value is -3.36. The lowest BCUT2D eigenvalue weighted by atomic mass is 10.1. The van der Waals surface area contributed by atoms with Gasteiger partial charge in [0.15, 0.2) is 5.70 Å². The van der Waals surface area contributed by atoms with Crippen LogP contribution in [0.15, 0.2) is 80.0 Å². The molecule has 3 aromatic rings. The minimum absolute atomic E-state index is 0.118. The largest absolute Gasteiger partial charge is 0.510 e. The molecule has 0 spiro atoms. The Morgan fingerprint density at radius 2 is 1.54 bits per heavy atom. The summed E-state index contributed by atoms with van der Waals surface area (Å²) in [5, 5.41) is 20.3. The molecule has 0 atom stereocenters. The van der Waals surface area contributed by atoms with Gasteiger partial charge in [-0.15, -0.1) is 10.2 Å². The molecule has 0 unspecified atom stereocenters. The Kier molecular flexibility index (Phi) is 7.29. The van der Waals surface area contributed by atoms with E-state index in [0.29, 0.717) is 5.56 Å². The first-order valence-corrected chi connectivity index (χ1v) is 12.9. The Balaban J connectivity index is 2.03. The van der Waals surface area contributed by atoms with Gasteiger partial charge in [-0.2, -0.15) is 16.8 Å². The molecule has 0 aromatic heterocycles. The topological polar surface area (TPSA) is 183 Å². The molecule has 0 radical (unpaired) electrons. The van der Waals surface area contributed by atoms with E-state index < -0.39 is 42.5 Å². The molecule has 0 fully saturated rings. The molecule has 0 saturated heterocycles. The van der Waals surface area contributed by atoms with E-state index in [1.54, 1.807) is 12.1 Å². The van der Waals surface area contributed by atoms with Crippen molar-refractivity contribution in [2.75, 3.05) is 5.32 Å². The molecule has 11 nitrogen and oxygen atoms in total. The first-order valence-electron chi connectivity index (χ1n) is 9.60. The number of nitrogens with one attached hydrogen (secondary N) is 1. The maximum atomic E-state index is 12.9. The zero-order valence-electron chi connectivity index (χ0n) is 18.1. The molecule has 0 aliphatic carbocycles. The number of carbonyl (C=O) groups is 1. The number of allylic oxidation sites excluding steroid dienone is 1. The fourth-order valence-electron chi connectivity index (χ4n) is 3.10. The van der Waals surface area contributed by atoms with Crippen LogP contribution in [0.1, 0.15) is 12.5 Å². The number of benzene rings is 3. The van der Waals surface area contributed by atoms with Gasteiger partial charge in [0, 0.05) is 21.5 Å². The Morgan fingerprint density at radius 1 is 0.943 bits per heavy atom. The van der Waals surface area contributed by atoms with Gasteiger partial charge in [0.25, 0.3) is 26.1 Å². The van der Waals surface area contributed by atoms with E-state index in [2.05, 4.69) is 15.5 Å². The minimum atomic E-state index is -4.71. The highest BCUT2D eigenvalue weighted by Crippen LogP contribution is 2.32. The Bertz CT molecular complexity index is 1630. The Morgan fingerprint density at radius 3 is 2.11 bits per heavy atom. The summed E-state index contributed by atoms with van der Waals surface area (Å²) in [6.07, 6.45) is 0. The smallest absolute Gasteiger partial charge is 0.296 e. The molecule has 0 heterocycles. The van der Waals surface area contributed by atoms with Gasteiger partial charge in [0.1, 0.15) is 21.2 Å². The van der Waals surface area contributed by atoms with Crippen LogP contribution in [0.25, 0.3) is 10.8 Å². The van der Waals surface area contributed by atoms with Crippen LogP contribution in [0.5, 0.6) is 0 Å². The van der Waals surface area contributed by atoms with E-state index in [-0.39, 0.29) is 32.1 Å². The van der Waals surface area contributed by atoms with Crippen molar-refractivity contribution in [3.8, 4) is 0 Å². The number of carbonyl (C=O) groups excluding carboxylic acids is 1. The summed E-state index contributed by atoms with van der Waals surface area (Å²) in [5.41, 5.74) is -0.516. The molecular weight excluding hydrogens is 522 g/mol. The number of aliphatic hydroxyl groups excluding tert-OH is 1. The molecule has 35 heavy (non-hydrogen) atoms. The van der Waals surface area contributed by atoms with Gasteiger partial charge < -0.3 is 10.4 Å². The van der Waals surface area contributed by atoms with Crippen LogP contribution in [0, 0.1) is 6.92 Å². The van der Waals surface area contributed by atoms with Gasteiger partial charge in [-0.1, -0.05) is 35.9 Å². The van der Waals surface area contributed by atoms with Crippen LogP contribution in [0.4, 0.5) is 11.4 Å². The van der Waals surface area contributed by atoms with Crippen molar-refractivity contribution >= 4 is 59.9 Å². The van der Waals surface area contributed by atoms with E-state index in [1.165, 1.54) is 25.1 Å². The van der Waals surface area contributed by atoms with Gasteiger partial charge in [-0.05, 0) is 43.7 Å². The number of nitrogens with zero attached hydrogens (tertiary/aromatic N) is 2. The maximum absolute atomic E-state index is 12.9. The molecule has 0 bridgehead atoms. The predicted octanol–water partition coefficient (Wildman–Crippen LogP) is 4.81. The van der Waals surface area contributed by atoms with Gasteiger partial charge >= 0.3 is 0 Å². The summed E-state index contributed by atoms with van der Waals surface area (Å²) < 4.78 is 65.7. The molecular formula is C21H18ClN3O8S2. The summed E-state index contributed by atoms with van der Waals surface area (Å²) in [5.74, 6) is -1.54. The lowest BCUT2D eigenvalue weighted by Gasteiger charge is -2.11. The molecule has 3 rings (SSSR count). The lowest BCUT2D eigenvalue weighted by Crippen LogP contribution is -2.15. The molecule has 14 heteroatoms. The maximum Gasteiger partial charge on any atom is 0.296 e. The van der Waals surface area contributed by atoms with Crippen LogP contribution < -0.4 is 5.32 Å². The minimum Gasteiger partial charge on any atom is -0.510 e. The van der Waals surface area contributed by atoms with Gasteiger partial charge in [0.05, 0.1) is 0 Å². The third-order valence-corrected chi connectivity index (χ3v) is 6.95. The predicted molar refractivity (Wildman–Crippen MR) is 128 cm³/mol. The zero-order valence-corrected chi connectivity index (χ0v) is 20.5. The number of aliphatic hydroxyl groups is 1. The van der Waals surface area contributed by atoms with E-state index in [9.17, 15) is 35.8 Å². The summed E-state index contributed by atoms with van der Waals surface area (Å²) in [6.45, 7) is 2.64. The highest BCUT2D eigenvalue weighted by atomic mass is 35.5. The molecule has 0 aliphatic heterocycles. The highest BCUT2D eigenvalue weighted by Gasteiger charge is 2.21. The fraction of sp³-hybridized carbons (Fsp3) is 0.0952. The van der Waals surface area contributed by atoms with E-state index >= 15 is 0 Å². The molecule has 0 saturated carbocycles. The fourth-order valence-corrected chi connectivity index (χ4v) is 4.65. The number of amides is 1. The number of aryl methyl sites for hydroxylation is 1. The van der Waals surface area contributed by atoms with E-state index in [4.69, 9.17) is 11.6 Å². The molecule has 4 N–H and O–H groups in total. The zero-order chi connectivity index (χ0) is 26.1. The normalized spacial score (nSPS) is 13.2. The van der Waals surface area contributed by atoms with Crippen molar-refractivity contribution in [3.63, 3.8) is 0 Å². The van der Waals surface area contributed by atoms with Gasteiger partial charge in [-0.3, -0.25) is 13.9 Å². The number of hydrogen-bond acceptors (Lipinski definition) is 8. The summed E-state index contributed by atoms with van der Waals surface area (Å²) >= 11 is 6.00. The van der Waals surface area contributed by atoms with Crippen LogP contribution in [0.3, 0.4) is 0 Å². The van der Waals surface area contributed by atoms with Crippen molar-refractivity contribution in [3.05, 3.63) is 70.6 Å². The number of fused-ring (bicyclic) bond motifs is 1. The number of hydrogen-bond donors (Lipinski definition) is 4. The van der Waals surface area contributed by atoms with Crippen LogP contribution in [0.2, 0.25) is 5.02 Å². The Labute approximate surface area is 205 Å². The van der Waals surface area contributed by atoms with Crippen molar-refractivity contribution in [1.82, 2.24) is 0 Å². The number of azo groups is 1. The van der Waals surface area contributed by atoms with Crippen LogP contribution in [-0.2, 0) is 25.0 Å². The van der Waals surface area contributed by atoms with Crippen LogP contribution in [-0.4, -0.2) is 37.0 Å². The molecule has 184 valence electrons. The van der Waals surface area contributed by atoms with Crippen LogP contribution >= 0.6 is 11.6 Å². The number of rotatable bonds is 6. The van der Waals surface area contributed by atoms with Crippen molar-refractivity contribution in [2.45, 2.75) is 23.6 Å². The first-order chi connectivity index (χ1) is 16.2. The van der Waals surface area contributed by atoms with Crippen molar-refractivity contribution in [1.29, 1.82) is 0 Å². The second-order valence-electron chi connectivity index (χ2n) is 7.26. The monoisotopic (exact) mass is 539 g/mol. The standard InChI is InChI=1S/C21H18ClN3O8S2/c1-11-9-19(35(31,32)33)17(10-15(11)22)24-25-20(12(2)26)21(27)23-16-7-8-18(34(28,29)30)14-6-4-3-5-13(14)16/h3-10,26H,1-2H3,(H,23,27)(H,28,29,30)(H,31,32,33)/b20-12+,25-24?. The second kappa shape index (κ2) is 9.71. The third kappa shape index (κ3) is 5.83.